The van der Waals surface area contributed by atoms with Gasteiger partial charge in [-0.2, -0.15) is 0 Å². The Hall–Kier alpha value is -3.32. The summed E-state index contributed by atoms with van der Waals surface area (Å²) in [5, 5.41) is 3.55. The van der Waals surface area contributed by atoms with Gasteiger partial charge in [0.25, 0.3) is 15.9 Å². The Bertz CT molecular complexity index is 1580. The van der Waals surface area contributed by atoms with Crippen LogP contribution >= 0.6 is 23.7 Å². The normalized spacial score (nSPS) is 14.1. The van der Waals surface area contributed by atoms with E-state index in [0.29, 0.717) is 47.3 Å². The fourth-order valence-corrected chi connectivity index (χ4v) is 6.64. The van der Waals surface area contributed by atoms with E-state index in [4.69, 9.17) is 0 Å². The minimum atomic E-state index is -3.75. The number of carbonyl (C=O) groups excluding carboxylic acids is 1. The largest absolute Gasteiger partial charge is 0.351 e. The van der Waals surface area contributed by atoms with Crippen LogP contribution in [0.3, 0.4) is 0 Å². The fraction of sp³-hybridized carbons (Fsp3) is 0.259. The summed E-state index contributed by atoms with van der Waals surface area (Å²) >= 11 is 1.27. The third-order valence-electron chi connectivity index (χ3n) is 6.65. The summed E-state index contributed by atoms with van der Waals surface area (Å²) in [5.74, 6) is -1.55. The molecule has 0 saturated carbocycles. The lowest BCUT2D eigenvalue weighted by molar-refractivity contribution is 0.0947. The number of para-hydroxylation sites is 1. The maximum atomic E-state index is 14.0. The number of hydrogen-bond donors (Lipinski definition) is 1. The Balaban J connectivity index is 0.00000370. The highest BCUT2D eigenvalue weighted by Gasteiger charge is 2.23. The number of fused-ring (bicyclic) bond motifs is 1. The topological polar surface area (TPSA) is 85.8 Å². The molecule has 1 aliphatic heterocycles. The van der Waals surface area contributed by atoms with Gasteiger partial charge in [-0.1, -0.05) is 29.5 Å². The summed E-state index contributed by atoms with van der Waals surface area (Å²) in [6.45, 7) is 3.93. The first kappa shape index (κ1) is 29.7. The van der Waals surface area contributed by atoms with Crippen LogP contribution in [0.25, 0.3) is 10.2 Å². The Morgan fingerprint density at radius 3 is 2.38 bits per heavy atom. The molecule has 2 heterocycles. The number of carbonyl (C=O) groups is 1. The smallest absolute Gasteiger partial charge is 0.264 e. The van der Waals surface area contributed by atoms with Gasteiger partial charge in [0.2, 0.25) is 0 Å². The number of nitrogens with zero attached hydrogens (tertiary/aromatic N) is 4. The second kappa shape index (κ2) is 12.5. The second-order valence-electron chi connectivity index (χ2n) is 9.15. The van der Waals surface area contributed by atoms with Crippen LogP contribution < -0.4 is 14.5 Å². The van der Waals surface area contributed by atoms with Crippen molar-refractivity contribution in [2.24, 2.45) is 0 Å². The summed E-state index contributed by atoms with van der Waals surface area (Å²) in [7, 11) is -2.26. The van der Waals surface area contributed by atoms with Gasteiger partial charge in [-0.3, -0.25) is 14.0 Å². The fourth-order valence-electron chi connectivity index (χ4n) is 4.39. The zero-order valence-corrected chi connectivity index (χ0v) is 24.0. The molecule has 0 spiro atoms. The van der Waals surface area contributed by atoms with Gasteiger partial charge >= 0.3 is 0 Å². The zero-order chi connectivity index (χ0) is 27.6. The van der Waals surface area contributed by atoms with E-state index in [1.807, 2.05) is 6.07 Å². The molecule has 0 unspecified atom stereocenters. The van der Waals surface area contributed by atoms with Crippen molar-refractivity contribution in [3.05, 3.63) is 83.9 Å². The predicted octanol–water partition coefficient (Wildman–Crippen LogP) is 4.37. The molecule has 8 nitrogen and oxygen atoms in total. The van der Waals surface area contributed by atoms with Gasteiger partial charge in [0.05, 0.1) is 15.3 Å². The standard InChI is InChI=1S/C27H27F2N5O3S2.ClH/c1-32(21-5-3-2-4-6-21)39(36,37)22-9-7-19(8-10-22)26(35)30-11-12-33-13-15-34(16-14-33)27-31-25-23(29)17-20(28)18-24(25)38-27;/h2-10,17-18H,11-16H2,1H3,(H,30,35);1H. The average molecular weight is 608 g/mol. The summed E-state index contributed by atoms with van der Waals surface area (Å²) in [5.41, 5.74) is 1.11. The summed E-state index contributed by atoms with van der Waals surface area (Å²) in [6, 6.07) is 16.8. The van der Waals surface area contributed by atoms with Gasteiger partial charge in [0.1, 0.15) is 11.3 Å². The number of anilines is 2. The SMILES string of the molecule is CN(c1ccccc1)S(=O)(=O)c1ccc(C(=O)NCCN2CCN(c3nc4c(F)cc(F)cc4s3)CC2)cc1.Cl. The zero-order valence-electron chi connectivity index (χ0n) is 21.6. The molecule has 0 radical (unpaired) electrons. The van der Waals surface area contributed by atoms with Crippen LogP contribution in [0.5, 0.6) is 0 Å². The van der Waals surface area contributed by atoms with E-state index in [1.165, 1.54) is 53.0 Å². The molecule has 1 amide bonds. The van der Waals surface area contributed by atoms with Crippen LogP contribution in [0.4, 0.5) is 19.6 Å². The molecule has 40 heavy (non-hydrogen) atoms. The minimum absolute atomic E-state index is 0. The Morgan fingerprint density at radius 2 is 1.70 bits per heavy atom. The number of hydrogen-bond acceptors (Lipinski definition) is 7. The van der Waals surface area contributed by atoms with E-state index in [-0.39, 0.29) is 28.7 Å². The van der Waals surface area contributed by atoms with Crippen LogP contribution in [-0.2, 0) is 10.0 Å². The predicted molar refractivity (Wildman–Crippen MR) is 156 cm³/mol. The molecule has 212 valence electrons. The second-order valence-corrected chi connectivity index (χ2v) is 12.1. The first-order chi connectivity index (χ1) is 18.7. The third kappa shape index (κ3) is 6.35. The molecule has 5 rings (SSSR count). The summed E-state index contributed by atoms with van der Waals surface area (Å²) in [4.78, 5) is 21.3. The number of rotatable bonds is 8. The molecule has 1 saturated heterocycles. The van der Waals surface area contributed by atoms with Crippen molar-refractivity contribution in [2.45, 2.75) is 4.90 Å². The summed E-state index contributed by atoms with van der Waals surface area (Å²) < 4.78 is 55.1. The minimum Gasteiger partial charge on any atom is -0.351 e. The number of thiazole rings is 1. The van der Waals surface area contributed by atoms with Gasteiger partial charge in [0, 0.05) is 57.9 Å². The molecule has 0 bridgehead atoms. The van der Waals surface area contributed by atoms with Crippen LogP contribution in [0.2, 0.25) is 0 Å². The molecule has 1 fully saturated rings. The molecule has 0 aliphatic carbocycles. The van der Waals surface area contributed by atoms with Crippen molar-refractivity contribution in [1.82, 2.24) is 15.2 Å². The van der Waals surface area contributed by atoms with Gasteiger partial charge in [-0.05, 0) is 42.5 Å². The maximum Gasteiger partial charge on any atom is 0.264 e. The highest BCUT2D eigenvalue weighted by atomic mass is 35.5. The van der Waals surface area contributed by atoms with E-state index in [0.717, 1.165) is 19.2 Å². The number of nitrogens with one attached hydrogen (secondary N) is 1. The van der Waals surface area contributed by atoms with E-state index < -0.39 is 21.7 Å². The molecule has 4 aromatic rings. The van der Waals surface area contributed by atoms with Crippen molar-refractivity contribution >= 4 is 60.7 Å². The van der Waals surface area contributed by atoms with E-state index in [2.05, 4.69) is 20.1 Å². The van der Waals surface area contributed by atoms with E-state index in [1.54, 1.807) is 24.3 Å². The lowest BCUT2D eigenvalue weighted by Gasteiger charge is -2.34. The molecule has 3 aromatic carbocycles. The molecule has 1 aromatic heterocycles. The maximum absolute atomic E-state index is 14.0. The van der Waals surface area contributed by atoms with Gasteiger partial charge in [-0.25, -0.2) is 22.2 Å². The quantitative estimate of drug-likeness (QED) is 0.320. The molecule has 13 heteroatoms. The van der Waals surface area contributed by atoms with E-state index >= 15 is 0 Å². The van der Waals surface area contributed by atoms with Gasteiger partial charge < -0.3 is 10.2 Å². The van der Waals surface area contributed by atoms with Crippen molar-refractivity contribution in [2.75, 3.05) is 55.5 Å². The first-order valence-corrected chi connectivity index (χ1v) is 14.6. The number of amides is 1. The number of sulfonamides is 1. The number of benzene rings is 3. The Labute approximate surface area is 241 Å². The van der Waals surface area contributed by atoms with Crippen LogP contribution in [0.1, 0.15) is 10.4 Å². The summed E-state index contributed by atoms with van der Waals surface area (Å²) in [6.07, 6.45) is 0. The van der Waals surface area contributed by atoms with Crippen molar-refractivity contribution in [1.29, 1.82) is 0 Å². The van der Waals surface area contributed by atoms with Crippen LogP contribution in [0.15, 0.2) is 71.6 Å². The lowest BCUT2D eigenvalue weighted by Crippen LogP contribution is -2.48. The average Bonchev–Trinajstić information content (AvgIpc) is 3.38. The van der Waals surface area contributed by atoms with Crippen molar-refractivity contribution in [3.63, 3.8) is 0 Å². The molecule has 1 N–H and O–H groups in total. The highest BCUT2D eigenvalue weighted by molar-refractivity contribution is 7.92. The lowest BCUT2D eigenvalue weighted by atomic mass is 10.2. The van der Waals surface area contributed by atoms with E-state index in [9.17, 15) is 22.0 Å². The van der Waals surface area contributed by atoms with Gasteiger partial charge in [0.15, 0.2) is 10.9 Å². The molecular formula is C27H28ClF2N5O3S2. The van der Waals surface area contributed by atoms with Crippen molar-refractivity contribution < 1.29 is 22.0 Å². The monoisotopic (exact) mass is 607 g/mol. The number of aromatic nitrogens is 1. The highest BCUT2D eigenvalue weighted by Crippen LogP contribution is 2.31. The third-order valence-corrected chi connectivity index (χ3v) is 9.52. The van der Waals surface area contributed by atoms with Crippen molar-refractivity contribution in [3.8, 4) is 0 Å². The molecule has 0 atom stereocenters. The molecule has 1 aliphatic rings. The Kier molecular flexibility index (Phi) is 9.24. The van der Waals surface area contributed by atoms with Gasteiger partial charge in [-0.15, -0.1) is 12.4 Å². The Morgan fingerprint density at radius 1 is 1.02 bits per heavy atom. The first-order valence-electron chi connectivity index (χ1n) is 12.4. The number of halogens is 3. The molecular weight excluding hydrogens is 580 g/mol. The van der Waals surface area contributed by atoms with Crippen LogP contribution in [0, 0.1) is 11.6 Å². The number of piperazine rings is 1. The van der Waals surface area contributed by atoms with Crippen LogP contribution in [-0.4, -0.2) is 70.5 Å².